The summed E-state index contributed by atoms with van der Waals surface area (Å²) < 4.78 is 5.38. The van der Waals surface area contributed by atoms with E-state index in [-0.39, 0.29) is 12.5 Å². The zero-order chi connectivity index (χ0) is 12.3. The van der Waals surface area contributed by atoms with E-state index in [2.05, 4.69) is 9.97 Å². The number of rotatable bonds is 3. The van der Waals surface area contributed by atoms with Gasteiger partial charge in [0.05, 0.1) is 11.0 Å². The number of nitrogens with zero attached hydrogens (tertiary/aromatic N) is 3. The van der Waals surface area contributed by atoms with Gasteiger partial charge in [-0.15, -0.1) is 0 Å². The van der Waals surface area contributed by atoms with Gasteiger partial charge in [0.2, 0.25) is 0 Å². The maximum Gasteiger partial charge on any atom is 0.259 e. The molecule has 0 bridgehead atoms. The highest BCUT2D eigenvalue weighted by atomic mass is 16.5. The van der Waals surface area contributed by atoms with Crippen molar-refractivity contribution >= 4 is 16.9 Å². The Morgan fingerprint density at radius 1 is 1.24 bits per heavy atom. The van der Waals surface area contributed by atoms with E-state index in [9.17, 15) is 4.79 Å². The molecule has 0 fully saturated rings. The lowest BCUT2D eigenvalue weighted by Crippen LogP contribution is -2.27. The van der Waals surface area contributed by atoms with Crippen LogP contribution in [-0.2, 0) is 4.79 Å². The molecule has 5 nitrogen and oxygen atoms in total. The first kappa shape index (κ1) is 11.3. The molecular weight excluding hydrogens is 218 g/mol. The summed E-state index contributed by atoms with van der Waals surface area (Å²) in [7, 11) is 3.38. The Bertz CT molecular complexity index is 540. The fourth-order valence-corrected chi connectivity index (χ4v) is 1.31. The lowest BCUT2D eigenvalue weighted by atomic mass is 10.3. The Morgan fingerprint density at radius 2 is 1.94 bits per heavy atom. The quantitative estimate of drug-likeness (QED) is 0.793. The van der Waals surface area contributed by atoms with Crippen molar-refractivity contribution in [2.24, 2.45) is 0 Å². The number of hydrogen-bond donors (Lipinski definition) is 0. The standard InChI is InChI=1S/C12H13N3O2/c1-15(2)12(16)8-17-9-3-4-10-11(7-9)14-6-5-13-10/h3-7H,8H2,1-2H3. The van der Waals surface area contributed by atoms with Crippen LogP contribution in [0.15, 0.2) is 30.6 Å². The maximum absolute atomic E-state index is 11.4. The summed E-state index contributed by atoms with van der Waals surface area (Å²) in [6.45, 7) is 0.0266. The van der Waals surface area contributed by atoms with Gasteiger partial charge in [0.1, 0.15) is 5.75 Å². The number of likely N-dealkylation sites (N-methyl/N-ethyl adjacent to an activating group) is 1. The van der Waals surface area contributed by atoms with E-state index in [0.717, 1.165) is 11.0 Å². The molecule has 0 atom stereocenters. The van der Waals surface area contributed by atoms with E-state index in [1.165, 1.54) is 4.90 Å². The molecule has 1 aromatic heterocycles. The summed E-state index contributed by atoms with van der Waals surface area (Å²) in [5.74, 6) is 0.539. The molecule has 0 saturated carbocycles. The second-order valence-electron chi connectivity index (χ2n) is 3.78. The van der Waals surface area contributed by atoms with Crippen LogP contribution in [0, 0.1) is 0 Å². The van der Waals surface area contributed by atoms with Crippen LogP contribution in [0.3, 0.4) is 0 Å². The van der Waals surface area contributed by atoms with Gasteiger partial charge in [-0.1, -0.05) is 0 Å². The Labute approximate surface area is 99.0 Å². The highest BCUT2D eigenvalue weighted by molar-refractivity contribution is 5.78. The van der Waals surface area contributed by atoms with Crippen molar-refractivity contribution in [3.8, 4) is 5.75 Å². The van der Waals surface area contributed by atoms with Gasteiger partial charge >= 0.3 is 0 Å². The Kier molecular flexibility index (Phi) is 3.18. The lowest BCUT2D eigenvalue weighted by Gasteiger charge is -2.11. The van der Waals surface area contributed by atoms with Crippen molar-refractivity contribution < 1.29 is 9.53 Å². The number of aromatic nitrogens is 2. The lowest BCUT2D eigenvalue weighted by molar-refractivity contribution is -0.130. The third kappa shape index (κ3) is 2.69. The van der Waals surface area contributed by atoms with Gasteiger partial charge in [-0.05, 0) is 12.1 Å². The van der Waals surface area contributed by atoms with Gasteiger partial charge in [-0.3, -0.25) is 14.8 Å². The molecule has 0 radical (unpaired) electrons. The van der Waals surface area contributed by atoms with E-state index in [4.69, 9.17) is 4.74 Å². The highest BCUT2D eigenvalue weighted by Gasteiger charge is 2.05. The molecule has 1 aromatic carbocycles. The SMILES string of the molecule is CN(C)C(=O)COc1ccc2nccnc2c1. The molecule has 2 aromatic rings. The molecule has 0 aliphatic carbocycles. The van der Waals surface area contributed by atoms with Crippen LogP contribution in [0.2, 0.25) is 0 Å². The third-order valence-electron chi connectivity index (χ3n) is 2.30. The summed E-state index contributed by atoms with van der Waals surface area (Å²) in [5, 5.41) is 0. The minimum absolute atomic E-state index is 0.0266. The number of fused-ring (bicyclic) bond motifs is 1. The van der Waals surface area contributed by atoms with Gasteiger partial charge in [0.25, 0.3) is 5.91 Å². The summed E-state index contributed by atoms with van der Waals surface area (Å²) in [4.78, 5) is 21.2. The van der Waals surface area contributed by atoms with Crippen molar-refractivity contribution in [1.29, 1.82) is 0 Å². The first-order valence-electron chi connectivity index (χ1n) is 5.20. The normalized spacial score (nSPS) is 10.2. The molecule has 1 heterocycles. The van der Waals surface area contributed by atoms with Gasteiger partial charge in [-0.25, -0.2) is 0 Å². The zero-order valence-corrected chi connectivity index (χ0v) is 9.75. The Hall–Kier alpha value is -2.17. The predicted octanol–water partition coefficient (Wildman–Crippen LogP) is 1.10. The van der Waals surface area contributed by atoms with Crippen LogP contribution in [0.4, 0.5) is 0 Å². The highest BCUT2D eigenvalue weighted by Crippen LogP contribution is 2.16. The molecule has 2 rings (SSSR count). The molecule has 0 spiro atoms. The fourth-order valence-electron chi connectivity index (χ4n) is 1.31. The zero-order valence-electron chi connectivity index (χ0n) is 9.75. The molecule has 0 N–H and O–H groups in total. The largest absolute Gasteiger partial charge is 0.484 e. The number of carbonyl (C=O) groups excluding carboxylic acids is 1. The van der Waals surface area contributed by atoms with Gasteiger partial charge in [0.15, 0.2) is 6.61 Å². The fraction of sp³-hybridized carbons (Fsp3) is 0.250. The van der Waals surface area contributed by atoms with Crippen molar-refractivity contribution in [3.05, 3.63) is 30.6 Å². The van der Waals surface area contributed by atoms with Crippen molar-refractivity contribution in [2.45, 2.75) is 0 Å². The minimum atomic E-state index is -0.0794. The molecular formula is C12H13N3O2. The number of hydrogen-bond acceptors (Lipinski definition) is 4. The summed E-state index contributed by atoms with van der Waals surface area (Å²) in [5.41, 5.74) is 1.56. The van der Waals surface area contributed by atoms with Crippen LogP contribution in [0.25, 0.3) is 11.0 Å². The third-order valence-corrected chi connectivity index (χ3v) is 2.30. The van der Waals surface area contributed by atoms with Crippen LogP contribution >= 0.6 is 0 Å². The molecule has 17 heavy (non-hydrogen) atoms. The monoisotopic (exact) mass is 231 g/mol. The predicted molar refractivity (Wildman–Crippen MR) is 63.7 cm³/mol. The smallest absolute Gasteiger partial charge is 0.259 e. The topological polar surface area (TPSA) is 55.3 Å². The first-order valence-corrected chi connectivity index (χ1v) is 5.20. The van der Waals surface area contributed by atoms with E-state index in [1.54, 1.807) is 38.6 Å². The van der Waals surface area contributed by atoms with Crippen molar-refractivity contribution in [2.75, 3.05) is 20.7 Å². The average molecular weight is 231 g/mol. The Morgan fingerprint density at radius 3 is 2.65 bits per heavy atom. The van der Waals surface area contributed by atoms with Crippen molar-refractivity contribution in [3.63, 3.8) is 0 Å². The molecule has 0 aliphatic rings. The van der Waals surface area contributed by atoms with E-state index < -0.39 is 0 Å². The molecule has 88 valence electrons. The molecule has 1 amide bonds. The number of benzene rings is 1. The van der Waals surface area contributed by atoms with Crippen LogP contribution in [0.5, 0.6) is 5.75 Å². The molecule has 0 unspecified atom stereocenters. The first-order chi connectivity index (χ1) is 8.16. The molecule has 5 heteroatoms. The van der Waals surface area contributed by atoms with Gasteiger partial charge in [0, 0.05) is 32.6 Å². The average Bonchev–Trinajstić information content (AvgIpc) is 2.35. The molecule has 0 saturated heterocycles. The van der Waals surface area contributed by atoms with E-state index in [1.807, 2.05) is 6.07 Å². The van der Waals surface area contributed by atoms with Gasteiger partial charge < -0.3 is 9.64 Å². The van der Waals surface area contributed by atoms with Crippen molar-refractivity contribution in [1.82, 2.24) is 14.9 Å². The second-order valence-corrected chi connectivity index (χ2v) is 3.78. The van der Waals surface area contributed by atoms with Crippen LogP contribution < -0.4 is 4.74 Å². The number of carbonyl (C=O) groups is 1. The number of amides is 1. The molecule has 0 aliphatic heterocycles. The Balaban J connectivity index is 2.12. The van der Waals surface area contributed by atoms with Crippen LogP contribution in [0.1, 0.15) is 0 Å². The maximum atomic E-state index is 11.4. The van der Waals surface area contributed by atoms with Crippen LogP contribution in [-0.4, -0.2) is 41.5 Å². The number of ether oxygens (including phenoxy) is 1. The van der Waals surface area contributed by atoms with Gasteiger partial charge in [-0.2, -0.15) is 0 Å². The summed E-state index contributed by atoms with van der Waals surface area (Å²) >= 11 is 0. The van der Waals surface area contributed by atoms with E-state index >= 15 is 0 Å². The summed E-state index contributed by atoms with van der Waals surface area (Å²) in [6, 6.07) is 5.36. The summed E-state index contributed by atoms with van der Waals surface area (Å²) in [6.07, 6.45) is 3.26. The minimum Gasteiger partial charge on any atom is -0.484 e. The van der Waals surface area contributed by atoms with E-state index in [0.29, 0.717) is 5.75 Å². The second kappa shape index (κ2) is 4.78.